The summed E-state index contributed by atoms with van der Waals surface area (Å²) >= 11 is 0. The number of rotatable bonds is 7. The second-order valence-electron chi connectivity index (χ2n) is 4.69. The lowest BCUT2D eigenvalue weighted by molar-refractivity contribution is -0.145. The van der Waals surface area contributed by atoms with E-state index in [2.05, 4.69) is 11.3 Å². The number of nitrogens with zero attached hydrogens (tertiary/aromatic N) is 1. The minimum absolute atomic E-state index is 0.0330. The zero-order valence-corrected chi connectivity index (χ0v) is 12.7. The molecule has 1 aliphatic heterocycles. The van der Waals surface area contributed by atoms with Crippen molar-refractivity contribution in [3.63, 3.8) is 0 Å². The van der Waals surface area contributed by atoms with Gasteiger partial charge in [-0.3, -0.25) is 14.5 Å². The van der Waals surface area contributed by atoms with Gasteiger partial charge in [0.25, 0.3) is 5.91 Å². The van der Waals surface area contributed by atoms with Crippen LogP contribution < -0.4 is 0 Å². The van der Waals surface area contributed by atoms with Crippen LogP contribution >= 0.6 is 0 Å². The first kappa shape index (κ1) is 17.6. The van der Waals surface area contributed by atoms with Crippen LogP contribution in [0, 0.1) is 5.92 Å². The van der Waals surface area contributed by atoms with Crippen LogP contribution in [0.5, 0.6) is 0 Å². The average Bonchev–Trinajstić information content (AvgIpc) is 2.70. The molecule has 7 nitrogen and oxygen atoms in total. The van der Waals surface area contributed by atoms with E-state index < -0.39 is 23.8 Å². The number of esters is 2. The molecule has 1 heterocycles. The van der Waals surface area contributed by atoms with E-state index in [1.807, 2.05) is 6.92 Å². The normalized spacial score (nSPS) is 18.2. The first-order valence-corrected chi connectivity index (χ1v) is 6.89. The molecule has 120 valence electrons. The van der Waals surface area contributed by atoms with Crippen molar-refractivity contribution in [2.75, 3.05) is 20.3 Å². The fourth-order valence-corrected chi connectivity index (χ4v) is 2.05. The Balaban J connectivity index is 2.48. The van der Waals surface area contributed by atoms with Crippen LogP contribution in [0.3, 0.4) is 0 Å². The van der Waals surface area contributed by atoms with Gasteiger partial charge in [-0.15, -0.1) is 0 Å². The predicted octanol–water partition coefficient (Wildman–Crippen LogP) is 0.600. The van der Waals surface area contributed by atoms with Crippen LogP contribution in [0.1, 0.15) is 19.8 Å². The fourth-order valence-electron chi connectivity index (χ4n) is 2.05. The summed E-state index contributed by atoms with van der Waals surface area (Å²) in [7, 11) is 1.18. The molecule has 0 unspecified atom stereocenters. The molecule has 1 atom stereocenters. The predicted molar refractivity (Wildman–Crippen MR) is 76.4 cm³/mol. The molecule has 0 aromatic carbocycles. The van der Waals surface area contributed by atoms with E-state index in [0.29, 0.717) is 6.42 Å². The minimum Gasteiger partial charge on any atom is -0.466 e. The van der Waals surface area contributed by atoms with Crippen molar-refractivity contribution in [1.29, 1.82) is 0 Å². The summed E-state index contributed by atoms with van der Waals surface area (Å²) in [5.41, 5.74) is 0.281. The molecule has 7 heteroatoms. The number of imide groups is 1. The zero-order valence-electron chi connectivity index (χ0n) is 12.7. The molecule has 0 bridgehead atoms. The molecule has 0 saturated carbocycles. The molecule has 0 radical (unpaired) electrons. The standard InChI is InChI=1S/C15H19NO6/c1-4-5-11-10(2)14(19)16(15(11)20)8-9-22-13(18)7-6-12(17)21-3/h6-7,11H,2,4-5,8-9H2,1,3H3/b7-6+/t11-/m0/s1. The van der Waals surface area contributed by atoms with Crippen molar-refractivity contribution in [3.8, 4) is 0 Å². The van der Waals surface area contributed by atoms with Crippen molar-refractivity contribution in [2.45, 2.75) is 19.8 Å². The van der Waals surface area contributed by atoms with Crippen molar-refractivity contribution in [3.05, 3.63) is 24.3 Å². The maximum atomic E-state index is 12.1. The Labute approximate surface area is 128 Å². The number of methoxy groups -OCH3 is 1. The average molecular weight is 309 g/mol. The Morgan fingerprint density at radius 3 is 2.50 bits per heavy atom. The lowest BCUT2D eigenvalue weighted by Crippen LogP contribution is -2.34. The van der Waals surface area contributed by atoms with Gasteiger partial charge in [0.1, 0.15) is 6.61 Å². The molecule has 0 spiro atoms. The highest BCUT2D eigenvalue weighted by atomic mass is 16.5. The second kappa shape index (κ2) is 8.11. The monoisotopic (exact) mass is 309 g/mol. The van der Waals surface area contributed by atoms with Gasteiger partial charge in [-0.05, 0) is 6.42 Å². The third kappa shape index (κ3) is 4.28. The summed E-state index contributed by atoms with van der Waals surface area (Å²) in [6.07, 6.45) is 3.18. The maximum Gasteiger partial charge on any atom is 0.331 e. The van der Waals surface area contributed by atoms with Gasteiger partial charge in [0, 0.05) is 17.7 Å². The van der Waals surface area contributed by atoms with Crippen LogP contribution in [-0.2, 0) is 28.7 Å². The number of likely N-dealkylation sites (tertiary alicyclic amines) is 1. The molecule has 22 heavy (non-hydrogen) atoms. The minimum atomic E-state index is -0.756. The van der Waals surface area contributed by atoms with Gasteiger partial charge in [0.05, 0.1) is 19.6 Å². The molecule has 0 aromatic rings. The quantitative estimate of drug-likeness (QED) is 0.388. The fraction of sp³-hybridized carbons (Fsp3) is 0.467. The van der Waals surface area contributed by atoms with Crippen LogP contribution in [-0.4, -0.2) is 48.9 Å². The lowest BCUT2D eigenvalue weighted by Gasteiger charge is -2.13. The summed E-state index contributed by atoms with van der Waals surface area (Å²) in [4.78, 5) is 47.1. The highest BCUT2D eigenvalue weighted by Gasteiger charge is 2.41. The van der Waals surface area contributed by atoms with Gasteiger partial charge in [0.2, 0.25) is 5.91 Å². The first-order valence-electron chi connectivity index (χ1n) is 6.89. The zero-order chi connectivity index (χ0) is 16.7. The lowest BCUT2D eigenvalue weighted by atomic mass is 9.98. The van der Waals surface area contributed by atoms with Gasteiger partial charge in [0.15, 0.2) is 0 Å². The van der Waals surface area contributed by atoms with Crippen LogP contribution in [0.2, 0.25) is 0 Å². The number of ether oxygens (including phenoxy) is 2. The van der Waals surface area contributed by atoms with E-state index >= 15 is 0 Å². The van der Waals surface area contributed by atoms with Gasteiger partial charge in [-0.2, -0.15) is 0 Å². The Bertz CT molecular complexity index is 522. The van der Waals surface area contributed by atoms with Crippen molar-refractivity contribution < 1.29 is 28.7 Å². The van der Waals surface area contributed by atoms with Crippen molar-refractivity contribution in [1.82, 2.24) is 4.90 Å². The van der Waals surface area contributed by atoms with E-state index in [1.165, 1.54) is 7.11 Å². The SMILES string of the molecule is C=C1C(=O)N(CCOC(=O)/C=C/C(=O)OC)C(=O)[C@H]1CCC. The summed E-state index contributed by atoms with van der Waals surface area (Å²) in [5, 5.41) is 0. The van der Waals surface area contributed by atoms with Gasteiger partial charge < -0.3 is 9.47 Å². The van der Waals surface area contributed by atoms with E-state index in [4.69, 9.17) is 4.74 Å². The number of hydrogen-bond acceptors (Lipinski definition) is 6. The molecule has 0 aliphatic carbocycles. The second-order valence-corrected chi connectivity index (χ2v) is 4.69. The summed E-state index contributed by atoms with van der Waals surface area (Å²) in [5.74, 6) is -2.65. The molecule has 1 rings (SSSR count). The largest absolute Gasteiger partial charge is 0.466 e. The van der Waals surface area contributed by atoms with Crippen LogP contribution in [0.15, 0.2) is 24.3 Å². The molecule has 1 fully saturated rings. The molecule has 2 amide bonds. The number of amides is 2. The van der Waals surface area contributed by atoms with Crippen LogP contribution in [0.4, 0.5) is 0 Å². The first-order chi connectivity index (χ1) is 10.4. The summed E-state index contributed by atoms with van der Waals surface area (Å²) < 4.78 is 9.14. The Morgan fingerprint density at radius 1 is 1.27 bits per heavy atom. The molecular formula is C15H19NO6. The number of carbonyl (C=O) groups is 4. The third-order valence-corrected chi connectivity index (χ3v) is 3.20. The Kier molecular flexibility index (Phi) is 6.49. The van der Waals surface area contributed by atoms with Gasteiger partial charge >= 0.3 is 11.9 Å². The topological polar surface area (TPSA) is 90.0 Å². The maximum absolute atomic E-state index is 12.1. The molecule has 1 saturated heterocycles. The summed E-state index contributed by atoms with van der Waals surface area (Å²) in [6.45, 7) is 5.40. The summed E-state index contributed by atoms with van der Waals surface area (Å²) in [6, 6.07) is 0. The molecule has 0 aromatic heterocycles. The highest BCUT2D eigenvalue weighted by Crippen LogP contribution is 2.27. The smallest absolute Gasteiger partial charge is 0.331 e. The molecule has 1 aliphatic rings. The number of carbonyl (C=O) groups excluding carboxylic acids is 4. The van der Waals surface area contributed by atoms with E-state index in [9.17, 15) is 19.2 Å². The Morgan fingerprint density at radius 2 is 1.91 bits per heavy atom. The van der Waals surface area contributed by atoms with Crippen molar-refractivity contribution >= 4 is 23.8 Å². The Hall–Kier alpha value is -2.44. The van der Waals surface area contributed by atoms with Gasteiger partial charge in [-0.1, -0.05) is 19.9 Å². The third-order valence-electron chi connectivity index (χ3n) is 3.20. The highest BCUT2D eigenvalue weighted by molar-refractivity contribution is 6.14. The van der Waals surface area contributed by atoms with E-state index in [0.717, 1.165) is 23.5 Å². The number of hydrogen-bond donors (Lipinski definition) is 0. The van der Waals surface area contributed by atoms with E-state index in [-0.39, 0.29) is 24.6 Å². The van der Waals surface area contributed by atoms with Gasteiger partial charge in [-0.25, -0.2) is 9.59 Å². The molecular weight excluding hydrogens is 290 g/mol. The van der Waals surface area contributed by atoms with Crippen molar-refractivity contribution in [2.24, 2.45) is 5.92 Å². The molecule has 0 N–H and O–H groups in total. The van der Waals surface area contributed by atoms with Crippen LogP contribution in [0.25, 0.3) is 0 Å². The van der Waals surface area contributed by atoms with E-state index in [1.54, 1.807) is 0 Å².